The van der Waals surface area contributed by atoms with Gasteiger partial charge in [-0.3, -0.25) is 9.59 Å². The van der Waals surface area contributed by atoms with E-state index >= 15 is 0 Å². The van der Waals surface area contributed by atoms with Crippen molar-refractivity contribution >= 4 is 17.4 Å². The molecule has 1 aliphatic rings. The zero-order valence-corrected chi connectivity index (χ0v) is 12.0. The summed E-state index contributed by atoms with van der Waals surface area (Å²) >= 11 is 0. The van der Waals surface area contributed by atoms with Crippen LogP contribution < -0.4 is 9.64 Å². The normalized spacial score (nSPS) is 13.7. The standard InChI is InChI=1S/C17H14FNO3/c1-22-11-6-7-15-13(10-11)16(20)8-9-19(15)17(21)12-4-2-3-5-14(12)18/h2-7,10H,8-9H2,1H3. The third-order valence-corrected chi connectivity index (χ3v) is 3.71. The molecule has 0 unspecified atom stereocenters. The Morgan fingerprint density at radius 2 is 2.00 bits per heavy atom. The molecule has 2 aromatic rings. The molecule has 0 aromatic heterocycles. The summed E-state index contributed by atoms with van der Waals surface area (Å²) < 4.78 is 18.9. The molecule has 2 aromatic carbocycles. The molecule has 0 radical (unpaired) electrons. The molecular weight excluding hydrogens is 285 g/mol. The van der Waals surface area contributed by atoms with Gasteiger partial charge in [0.2, 0.25) is 0 Å². The van der Waals surface area contributed by atoms with Crippen LogP contribution in [-0.4, -0.2) is 25.3 Å². The van der Waals surface area contributed by atoms with Gasteiger partial charge in [0, 0.05) is 18.5 Å². The molecule has 22 heavy (non-hydrogen) atoms. The zero-order chi connectivity index (χ0) is 15.7. The summed E-state index contributed by atoms with van der Waals surface area (Å²) in [6.45, 7) is 0.241. The molecule has 0 spiro atoms. The van der Waals surface area contributed by atoms with Crippen LogP contribution in [0.5, 0.6) is 5.75 Å². The van der Waals surface area contributed by atoms with Gasteiger partial charge < -0.3 is 9.64 Å². The fourth-order valence-corrected chi connectivity index (χ4v) is 2.56. The maximum atomic E-state index is 13.8. The first-order valence-corrected chi connectivity index (χ1v) is 6.89. The number of rotatable bonds is 2. The Kier molecular flexibility index (Phi) is 3.63. The van der Waals surface area contributed by atoms with E-state index in [1.54, 1.807) is 24.3 Å². The number of Topliss-reactive ketones (excluding diaryl/α,β-unsaturated/α-hetero) is 1. The average Bonchev–Trinajstić information content (AvgIpc) is 2.55. The Bertz CT molecular complexity index is 757. The fraction of sp³-hybridized carbons (Fsp3) is 0.176. The monoisotopic (exact) mass is 299 g/mol. The molecule has 0 aliphatic carbocycles. The number of fused-ring (bicyclic) bond motifs is 1. The molecule has 1 amide bonds. The predicted molar refractivity (Wildman–Crippen MR) is 80.0 cm³/mol. The molecule has 0 saturated carbocycles. The van der Waals surface area contributed by atoms with Crippen LogP contribution in [0.25, 0.3) is 0 Å². The summed E-state index contributed by atoms with van der Waals surface area (Å²) in [5.41, 5.74) is 0.916. The molecule has 1 heterocycles. The number of benzene rings is 2. The number of anilines is 1. The molecule has 0 N–H and O–H groups in total. The van der Waals surface area contributed by atoms with E-state index in [4.69, 9.17) is 4.74 Å². The van der Waals surface area contributed by atoms with Gasteiger partial charge in [0.15, 0.2) is 5.78 Å². The van der Waals surface area contributed by atoms with Crippen LogP contribution in [0.3, 0.4) is 0 Å². The third-order valence-electron chi connectivity index (χ3n) is 3.71. The van der Waals surface area contributed by atoms with E-state index in [0.717, 1.165) is 0 Å². The van der Waals surface area contributed by atoms with Crippen LogP contribution in [0, 0.1) is 5.82 Å². The first-order chi connectivity index (χ1) is 10.6. The minimum absolute atomic E-state index is 0.00128. The number of halogens is 1. The molecule has 0 saturated heterocycles. The molecule has 4 nitrogen and oxygen atoms in total. The summed E-state index contributed by atoms with van der Waals surface area (Å²) in [6.07, 6.45) is 0.209. The van der Waals surface area contributed by atoms with Gasteiger partial charge >= 0.3 is 0 Å². The van der Waals surface area contributed by atoms with Gasteiger partial charge in [-0.25, -0.2) is 4.39 Å². The summed E-state index contributed by atoms with van der Waals surface area (Å²) in [5, 5.41) is 0. The van der Waals surface area contributed by atoms with E-state index in [0.29, 0.717) is 17.0 Å². The first-order valence-electron chi connectivity index (χ1n) is 6.89. The molecule has 1 aliphatic heterocycles. The summed E-state index contributed by atoms with van der Waals surface area (Å²) in [6, 6.07) is 10.8. The van der Waals surface area contributed by atoms with E-state index in [1.165, 1.54) is 30.2 Å². The van der Waals surface area contributed by atoms with Crippen molar-refractivity contribution in [2.75, 3.05) is 18.6 Å². The van der Waals surface area contributed by atoms with Crippen LogP contribution in [-0.2, 0) is 0 Å². The summed E-state index contributed by atoms with van der Waals surface area (Å²) in [7, 11) is 1.51. The van der Waals surface area contributed by atoms with Crippen LogP contribution in [0.1, 0.15) is 27.1 Å². The lowest BCUT2D eigenvalue weighted by Crippen LogP contribution is -2.37. The van der Waals surface area contributed by atoms with Crippen molar-refractivity contribution in [3.05, 3.63) is 59.4 Å². The Morgan fingerprint density at radius 3 is 2.73 bits per heavy atom. The van der Waals surface area contributed by atoms with Crippen molar-refractivity contribution in [1.82, 2.24) is 0 Å². The second kappa shape index (κ2) is 5.60. The number of ether oxygens (including phenoxy) is 1. The Balaban J connectivity index is 2.04. The Morgan fingerprint density at radius 1 is 1.23 bits per heavy atom. The lowest BCUT2D eigenvalue weighted by atomic mass is 9.99. The van der Waals surface area contributed by atoms with E-state index < -0.39 is 11.7 Å². The van der Waals surface area contributed by atoms with Crippen molar-refractivity contribution < 1.29 is 18.7 Å². The van der Waals surface area contributed by atoms with Gasteiger partial charge in [0.1, 0.15) is 11.6 Å². The van der Waals surface area contributed by atoms with Crippen molar-refractivity contribution in [2.24, 2.45) is 0 Å². The van der Waals surface area contributed by atoms with Crippen molar-refractivity contribution in [2.45, 2.75) is 6.42 Å². The molecule has 3 rings (SSSR count). The molecule has 0 atom stereocenters. The topological polar surface area (TPSA) is 46.6 Å². The second-order valence-electron chi connectivity index (χ2n) is 4.99. The molecule has 0 bridgehead atoms. The largest absolute Gasteiger partial charge is 0.497 e. The van der Waals surface area contributed by atoms with Crippen molar-refractivity contribution in [1.29, 1.82) is 0 Å². The smallest absolute Gasteiger partial charge is 0.261 e. The maximum Gasteiger partial charge on any atom is 0.261 e. The first kappa shape index (κ1) is 14.3. The third kappa shape index (κ3) is 2.35. The predicted octanol–water partition coefficient (Wildman–Crippen LogP) is 3.07. The highest BCUT2D eigenvalue weighted by Gasteiger charge is 2.29. The van der Waals surface area contributed by atoms with Crippen LogP contribution in [0.4, 0.5) is 10.1 Å². The summed E-state index contributed by atoms with van der Waals surface area (Å²) in [5.74, 6) is -0.518. The summed E-state index contributed by atoms with van der Waals surface area (Å²) in [4.78, 5) is 26.1. The number of carbonyl (C=O) groups is 2. The van der Waals surface area contributed by atoms with Crippen LogP contribution in [0.2, 0.25) is 0 Å². The molecule has 112 valence electrons. The van der Waals surface area contributed by atoms with Gasteiger partial charge in [0.05, 0.1) is 18.4 Å². The van der Waals surface area contributed by atoms with Gasteiger partial charge in [-0.15, -0.1) is 0 Å². The van der Waals surface area contributed by atoms with Crippen LogP contribution >= 0.6 is 0 Å². The number of amides is 1. The number of hydrogen-bond donors (Lipinski definition) is 0. The fourth-order valence-electron chi connectivity index (χ4n) is 2.56. The number of carbonyl (C=O) groups excluding carboxylic acids is 2. The van der Waals surface area contributed by atoms with E-state index in [-0.39, 0.29) is 24.3 Å². The molecular formula is C17H14FNO3. The van der Waals surface area contributed by atoms with Crippen molar-refractivity contribution in [3.8, 4) is 5.75 Å². The lowest BCUT2D eigenvalue weighted by molar-refractivity contribution is 0.0953. The SMILES string of the molecule is COc1ccc2c(c1)C(=O)CCN2C(=O)c1ccccc1F. The van der Waals surface area contributed by atoms with E-state index in [1.807, 2.05) is 0 Å². The van der Waals surface area contributed by atoms with Gasteiger partial charge in [-0.2, -0.15) is 0 Å². The Hall–Kier alpha value is -2.69. The lowest BCUT2D eigenvalue weighted by Gasteiger charge is -2.29. The zero-order valence-electron chi connectivity index (χ0n) is 12.0. The maximum absolute atomic E-state index is 13.8. The number of nitrogens with zero attached hydrogens (tertiary/aromatic N) is 1. The highest BCUT2D eigenvalue weighted by Crippen LogP contribution is 2.31. The van der Waals surface area contributed by atoms with E-state index in [9.17, 15) is 14.0 Å². The average molecular weight is 299 g/mol. The quantitative estimate of drug-likeness (QED) is 0.856. The minimum atomic E-state index is -0.570. The Labute approximate surface area is 127 Å². The molecule has 5 heteroatoms. The highest BCUT2D eigenvalue weighted by molar-refractivity contribution is 6.13. The van der Waals surface area contributed by atoms with Crippen molar-refractivity contribution in [3.63, 3.8) is 0 Å². The van der Waals surface area contributed by atoms with Gasteiger partial charge in [0.25, 0.3) is 5.91 Å². The second-order valence-corrected chi connectivity index (χ2v) is 4.99. The van der Waals surface area contributed by atoms with E-state index in [2.05, 4.69) is 0 Å². The van der Waals surface area contributed by atoms with Crippen LogP contribution in [0.15, 0.2) is 42.5 Å². The minimum Gasteiger partial charge on any atom is -0.497 e. The van der Waals surface area contributed by atoms with Gasteiger partial charge in [-0.05, 0) is 30.3 Å². The molecule has 0 fully saturated rings. The number of ketones is 1. The number of methoxy groups -OCH3 is 1. The highest BCUT2D eigenvalue weighted by atomic mass is 19.1. The number of hydrogen-bond acceptors (Lipinski definition) is 3. The van der Waals surface area contributed by atoms with Gasteiger partial charge in [-0.1, -0.05) is 12.1 Å².